The summed E-state index contributed by atoms with van der Waals surface area (Å²) in [5.41, 5.74) is 0.579. The van der Waals surface area contributed by atoms with Gasteiger partial charge in [-0.3, -0.25) is 4.79 Å². The lowest BCUT2D eigenvalue weighted by atomic mass is 10.2. The molecule has 3 rings (SSSR count). The van der Waals surface area contributed by atoms with Crippen LogP contribution in [0.3, 0.4) is 0 Å². The molecule has 1 saturated heterocycles. The Morgan fingerprint density at radius 1 is 1.04 bits per heavy atom. The first kappa shape index (κ1) is 16.2. The summed E-state index contributed by atoms with van der Waals surface area (Å²) in [5.74, 6) is 1.17. The van der Waals surface area contributed by atoms with Crippen LogP contribution >= 0.6 is 0 Å². The summed E-state index contributed by atoms with van der Waals surface area (Å²) in [6, 6.07) is 9.25. The molecule has 0 spiro atoms. The van der Waals surface area contributed by atoms with E-state index in [1.165, 1.54) is 25.7 Å². The molecule has 1 N–H and O–H groups in total. The number of nitrogens with zero attached hydrogens (tertiary/aromatic N) is 3. The van der Waals surface area contributed by atoms with Crippen molar-refractivity contribution >= 4 is 17.5 Å². The fraction of sp³-hybridized carbons (Fsp3) is 0.389. The molecule has 0 bridgehead atoms. The predicted octanol–water partition coefficient (Wildman–Crippen LogP) is 2.87. The first-order chi connectivity index (χ1) is 11.8. The molecule has 1 aliphatic heterocycles. The van der Waals surface area contributed by atoms with Gasteiger partial charge in [0.15, 0.2) is 6.61 Å². The summed E-state index contributed by atoms with van der Waals surface area (Å²) in [7, 11) is 0. The summed E-state index contributed by atoms with van der Waals surface area (Å²) >= 11 is 0. The molecule has 24 heavy (non-hydrogen) atoms. The van der Waals surface area contributed by atoms with Gasteiger partial charge in [0.05, 0.1) is 18.1 Å². The summed E-state index contributed by atoms with van der Waals surface area (Å²) < 4.78 is 5.41. The fourth-order valence-corrected chi connectivity index (χ4v) is 2.68. The number of aromatic nitrogens is 2. The Morgan fingerprint density at radius 2 is 1.71 bits per heavy atom. The Hall–Kier alpha value is -2.63. The van der Waals surface area contributed by atoms with E-state index in [0.29, 0.717) is 11.4 Å². The smallest absolute Gasteiger partial charge is 0.262 e. The van der Waals surface area contributed by atoms with Crippen LogP contribution in [0.2, 0.25) is 0 Å². The van der Waals surface area contributed by atoms with Crippen molar-refractivity contribution in [3.05, 3.63) is 42.7 Å². The highest BCUT2D eigenvalue weighted by Crippen LogP contribution is 2.16. The lowest BCUT2D eigenvalue weighted by Crippen LogP contribution is -2.26. The number of para-hydroxylation sites is 1. The second-order valence-electron chi connectivity index (χ2n) is 5.82. The number of nitrogens with one attached hydrogen (secondary N) is 1. The van der Waals surface area contributed by atoms with Gasteiger partial charge in [0.2, 0.25) is 5.95 Å². The Kier molecular flexibility index (Phi) is 5.61. The van der Waals surface area contributed by atoms with Gasteiger partial charge in [0.25, 0.3) is 5.91 Å². The summed E-state index contributed by atoms with van der Waals surface area (Å²) in [6.45, 7) is 1.95. The molecule has 1 fully saturated rings. The van der Waals surface area contributed by atoms with E-state index in [2.05, 4.69) is 20.2 Å². The molecule has 0 saturated carbocycles. The summed E-state index contributed by atoms with van der Waals surface area (Å²) in [6.07, 6.45) is 8.19. The van der Waals surface area contributed by atoms with Crippen molar-refractivity contribution in [1.29, 1.82) is 0 Å². The standard InChI is InChI=1S/C18H22N4O2/c23-17(14-24-16-8-4-3-5-9-16)21-15-12-19-18(20-13-15)22-10-6-1-2-7-11-22/h3-5,8-9,12-13H,1-2,6-7,10-11,14H2,(H,21,23). The zero-order valence-corrected chi connectivity index (χ0v) is 13.6. The largest absolute Gasteiger partial charge is 0.484 e. The Morgan fingerprint density at radius 3 is 2.38 bits per heavy atom. The highest BCUT2D eigenvalue weighted by atomic mass is 16.5. The van der Waals surface area contributed by atoms with Crippen molar-refractivity contribution in [2.75, 3.05) is 29.9 Å². The number of carbonyl (C=O) groups is 1. The van der Waals surface area contributed by atoms with E-state index < -0.39 is 0 Å². The van der Waals surface area contributed by atoms with Crippen molar-refractivity contribution in [2.45, 2.75) is 25.7 Å². The molecule has 1 aliphatic rings. The van der Waals surface area contributed by atoms with Crippen molar-refractivity contribution in [1.82, 2.24) is 9.97 Å². The maximum atomic E-state index is 11.9. The molecule has 2 aromatic rings. The number of rotatable bonds is 5. The van der Waals surface area contributed by atoms with E-state index in [-0.39, 0.29) is 12.5 Å². The molecular weight excluding hydrogens is 304 g/mol. The van der Waals surface area contributed by atoms with Crippen molar-refractivity contribution < 1.29 is 9.53 Å². The molecule has 6 heteroatoms. The van der Waals surface area contributed by atoms with Crippen LogP contribution in [0.5, 0.6) is 5.75 Å². The highest BCUT2D eigenvalue weighted by molar-refractivity contribution is 5.91. The molecule has 1 amide bonds. The van der Waals surface area contributed by atoms with Crippen LogP contribution < -0.4 is 15.0 Å². The Labute approximate surface area is 141 Å². The van der Waals surface area contributed by atoms with Crippen molar-refractivity contribution in [3.8, 4) is 5.75 Å². The molecule has 0 radical (unpaired) electrons. The topological polar surface area (TPSA) is 67.3 Å². The van der Waals surface area contributed by atoms with Gasteiger partial charge >= 0.3 is 0 Å². The molecule has 0 atom stereocenters. The molecule has 1 aromatic carbocycles. The number of amides is 1. The summed E-state index contributed by atoms with van der Waals surface area (Å²) in [5, 5.41) is 2.75. The predicted molar refractivity (Wildman–Crippen MR) is 93.3 cm³/mol. The van der Waals surface area contributed by atoms with Crippen LogP contribution in [0.15, 0.2) is 42.7 Å². The monoisotopic (exact) mass is 326 g/mol. The lowest BCUT2D eigenvalue weighted by Gasteiger charge is -2.19. The molecular formula is C18H22N4O2. The maximum absolute atomic E-state index is 11.9. The zero-order chi connectivity index (χ0) is 16.6. The SMILES string of the molecule is O=C(COc1ccccc1)Nc1cnc(N2CCCCCC2)nc1. The minimum absolute atomic E-state index is 0.0438. The van der Waals surface area contributed by atoms with Crippen molar-refractivity contribution in [2.24, 2.45) is 0 Å². The Balaban J connectivity index is 1.51. The normalized spacial score (nSPS) is 14.8. The number of carbonyl (C=O) groups excluding carboxylic acids is 1. The highest BCUT2D eigenvalue weighted by Gasteiger charge is 2.12. The van der Waals surface area contributed by atoms with Gasteiger partial charge in [-0.2, -0.15) is 0 Å². The van der Waals surface area contributed by atoms with Gasteiger partial charge in [-0.05, 0) is 25.0 Å². The van der Waals surface area contributed by atoms with Gasteiger partial charge in [-0.15, -0.1) is 0 Å². The van der Waals surface area contributed by atoms with E-state index >= 15 is 0 Å². The van der Waals surface area contributed by atoms with E-state index in [1.54, 1.807) is 12.4 Å². The molecule has 6 nitrogen and oxygen atoms in total. The van der Waals surface area contributed by atoms with Gasteiger partial charge in [0.1, 0.15) is 5.75 Å². The molecule has 0 unspecified atom stereocenters. The average molecular weight is 326 g/mol. The van der Waals surface area contributed by atoms with Gasteiger partial charge in [-0.1, -0.05) is 31.0 Å². The first-order valence-corrected chi connectivity index (χ1v) is 8.36. The van der Waals surface area contributed by atoms with E-state index in [1.807, 2.05) is 30.3 Å². The summed E-state index contributed by atoms with van der Waals surface area (Å²) in [4.78, 5) is 22.9. The van der Waals surface area contributed by atoms with Gasteiger partial charge < -0.3 is 15.0 Å². The van der Waals surface area contributed by atoms with Crippen molar-refractivity contribution in [3.63, 3.8) is 0 Å². The fourth-order valence-electron chi connectivity index (χ4n) is 2.68. The third-order valence-corrected chi connectivity index (χ3v) is 3.92. The average Bonchev–Trinajstić information content (AvgIpc) is 2.91. The van der Waals surface area contributed by atoms with Crippen LogP contribution in [-0.4, -0.2) is 35.6 Å². The third kappa shape index (κ3) is 4.68. The second kappa shape index (κ2) is 8.29. The molecule has 2 heterocycles. The first-order valence-electron chi connectivity index (χ1n) is 8.36. The molecule has 126 valence electrons. The molecule has 1 aromatic heterocycles. The van der Waals surface area contributed by atoms with E-state index in [9.17, 15) is 4.79 Å². The molecule has 0 aliphatic carbocycles. The maximum Gasteiger partial charge on any atom is 0.262 e. The van der Waals surface area contributed by atoms with Crippen LogP contribution in [-0.2, 0) is 4.79 Å². The minimum Gasteiger partial charge on any atom is -0.484 e. The third-order valence-electron chi connectivity index (χ3n) is 3.92. The second-order valence-corrected chi connectivity index (χ2v) is 5.82. The number of hydrogen-bond donors (Lipinski definition) is 1. The van der Waals surface area contributed by atoms with Crippen LogP contribution in [0.25, 0.3) is 0 Å². The Bertz CT molecular complexity index is 638. The number of ether oxygens (including phenoxy) is 1. The van der Waals surface area contributed by atoms with Crippen LogP contribution in [0.1, 0.15) is 25.7 Å². The van der Waals surface area contributed by atoms with E-state index in [4.69, 9.17) is 4.74 Å². The van der Waals surface area contributed by atoms with Crippen LogP contribution in [0, 0.1) is 0 Å². The number of hydrogen-bond acceptors (Lipinski definition) is 5. The van der Waals surface area contributed by atoms with E-state index in [0.717, 1.165) is 19.0 Å². The van der Waals surface area contributed by atoms with Gasteiger partial charge in [-0.25, -0.2) is 9.97 Å². The zero-order valence-electron chi connectivity index (χ0n) is 13.6. The quantitative estimate of drug-likeness (QED) is 0.915. The van der Waals surface area contributed by atoms with Gasteiger partial charge in [0, 0.05) is 13.1 Å². The number of anilines is 2. The minimum atomic E-state index is -0.232. The van der Waals surface area contributed by atoms with Crippen LogP contribution in [0.4, 0.5) is 11.6 Å². The lowest BCUT2D eigenvalue weighted by molar-refractivity contribution is -0.118. The number of benzene rings is 1.